The lowest BCUT2D eigenvalue weighted by atomic mass is 9.96. The molecule has 1 unspecified atom stereocenters. The second-order valence-corrected chi connectivity index (χ2v) is 7.88. The number of morpholine rings is 1. The number of halogens is 3. The van der Waals surface area contributed by atoms with Crippen LogP contribution in [0.5, 0.6) is 0 Å². The molecule has 0 saturated carbocycles. The van der Waals surface area contributed by atoms with Crippen molar-refractivity contribution in [3.63, 3.8) is 0 Å². The van der Waals surface area contributed by atoms with Crippen LogP contribution in [-0.4, -0.2) is 46.0 Å². The molecule has 0 radical (unpaired) electrons. The van der Waals surface area contributed by atoms with Gasteiger partial charge in [-0.25, -0.2) is 18.2 Å². The lowest BCUT2D eigenvalue weighted by Crippen LogP contribution is -2.44. The zero-order valence-electron chi connectivity index (χ0n) is 17.5. The van der Waals surface area contributed by atoms with Gasteiger partial charge in [0.1, 0.15) is 22.8 Å². The second-order valence-electron chi connectivity index (χ2n) is 7.88. The minimum atomic E-state index is -1.24. The van der Waals surface area contributed by atoms with Crippen LogP contribution in [0.1, 0.15) is 12.5 Å². The maximum Gasteiger partial charge on any atom is 0.166 e. The molecule has 32 heavy (non-hydrogen) atoms. The molecule has 0 aliphatic carbocycles. The molecular formula is C23H20F3N5O. The fraction of sp³-hybridized carbons (Fsp3) is 0.261. The second kappa shape index (κ2) is 7.90. The Bertz CT molecular complexity index is 1310. The average Bonchev–Trinajstić information content (AvgIpc) is 3.31. The van der Waals surface area contributed by atoms with E-state index in [9.17, 15) is 13.2 Å². The Morgan fingerprint density at radius 1 is 1.16 bits per heavy atom. The number of anilines is 1. The number of benzene rings is 1. The number of ether oxygens (including phenoxy) is 1. The first-order valence-corrected chi connectivity index (χ1v) is 10.2. The number of pyridine rings is 2. The van der Waals surface area contributed by atoms with E-state index in [1.807, 2.05) is 18.7 Å². The number of nitrogens with one attached hydrogen (secondary N) is 1. The number of aromatic nitrogens is 4. The maximum absolute atomic E-state index is 14.9. The summed E-state index contributed by atoms with van der Waals surface area (Å²) in [5.41, 5.74) is 2.53. The van der Waals surface area contributed by atoms with Crippen molar-refractivity contribution in [3.8, 4) is 22.5 Å². The smallest absolute Gasteiger partial charge is 0.166 e. The van der Waals surface area contributed by atoms with Crippen molar-refractivity contribution in [2.75, 3.05) is 24.7 Å². The standard InChI is InChI=1S/C23H20F3N5O/c1-12-10-27-22(18-3-4-28-30-18)23-20(12)15(16-7-14(24)8-17(25)21(16)26)9-19(29-23)31-5-6-32-11-13(31)2/h3-4,7-10,13H,5-6,11H2,1-2H3,(H,28,30). The van der Waals surface area contributed by atoms with E-state index < -0.39 is 17.5 Å². The number of nitrogens with zero attached hydrogens (tertiary/aromatic N) is 4. The predicted octanol–water partition coefficient (Wildman–Crippen LogP) is 4.64. The molecule has 4 heterocycles. The number of rotatable bonds is 3. The molecule has 4 aromatic rings. The first-order chi connectivity index (χ1) is 15.4. The fourth-order valence-corrected chi connectivity index (χ4v) is 4.15. The monoisotopic (exact) mass is 439 g/mol. The third kappa shape index (κ3) is 3.38. The van der Waals surface area contributed by atoms with Crippen LogP contribution in [0.3, 0.4) is 0 Å². The molecule has 1 fully saturated rings. The van der Waals surface area contributed by atoms with Gasteiger partial charge in [0.15, 0.2) is 11.6 Å². The quantitative estimate of drug-likeness (QED) is 0.471. The highest BCUT2D eigenvalue weighted by Gasteiger charge is 2.25. The van der Waals surface area contributed by atoms with Crippen LogP contribution in [0.4, 0.5) is 19.0 Å². The SMILES string of the molecule is Cc1cnc(-c2ccn[nH]2)c2nc(N3CCOCC3C)cc(-c3cc(F)cc(F)c3F)c12. The first-order valence-electron chi connectivity index (χ1n) is 10.2. The van der Waals surface area contributed by atoms with Gasteiger partial charge in [0.25, 0.3) is 0 Å². The third-order valence-corrected chi connectivity index (χ3v) is 5.71. The van der Waals surface area contributed by atoms with Gasteiger partial charge in [0.2, 0.25) is 0 Å². The zero-order chi connectivity index (χ0) is 22.4. The van der Waals surface area contributed by atoms with E-state index in [0.29, 0.717) is 65.1 Å². The Morgan fingerprint density at radius 3 is 2.75 bits per heavy atom. The van der Waals surface area contributed by atoms with E-state index in [-0.39, 0.29) is 11.6 Å². The van der Waals surface area contributed by atoms with Crippen LogP contribution in [-0.2, 0) is 4.74 Å². The predicted molar refractivity (Wildman–Crippen MR) is 115 cm³/mol. The molecule has 9 heteroatoms. The van der Waals surface area contributed by atoms with Gasteiger partial charge in [0.05, 0.1) is 24.9 Å². The van der Waals surface area contributed by atoms with Crippen LogP contribution in [0.25, 0.3) is 33.4 Å². The minimum Gasteiger partial charge on any atom is -0.377 e. The number of hydrogen-bond acceptors (Lipinski definition) is 5. The van der Waals surface area contributed by atoms with Crippen LogP contribution >= 0.6 is 0 Å². The van der Waals surface area contributed by atoms with Gasteiger partial charge in [-0.3, -0.25) is 10.1 Å². The van der Waals surface area contributed by atoms with Gasteiger partial charge in [-0.1, -0.05) is 0 Å². The molecule has 1 aliphatic rings. The molecule has 164 valence electrons. The van der Waals surface area contributed by atoms with E-state index in [1.54, 1.807) is 24.5 Å². The van der Waals surface area contributed by atoms with Crippen LogP contribution in [0.15, 0.2) is 36.7 Å². The van der Waals surface area contributed by atoms with E-state index >= 15 is 0 Å². The largest absolute Gasteiger partial charge is 0.377 e. The normalized spacial score (nSPS) is 16.7. The summed E-state index contributed by atoms with van der Waals surface area (Å²) in [4.78, 5) is 11.4. The molecule has 0 amide bonds. The summed E-state index contributed by atoms with van der Waals surface area (Å²) < 4.78 is 48.8. The molecule has 1 saturated heterocycles. The highest BCUT2D eigenvalue weighted by Crippen LogP contribution is 2.39. The Balaban J connectivity index is 1.87. The van der Waals surface area contributed by atoms with Crippen molar-refractivity contribution in [1.29, 1.82) is 0 Å². The molecule has 1 atom stereocenters. The van der Waals surface area contributed by atoms with Gasteiger partial charge in [-0.2, -0.15) is 5.10 Å². The lowest BCUT2D eigenvalue weighted by molar-refractivity contribution is 0.0986. The fourth-order valence-electron chi connectivity index (χ4n) is 4.15. The summed E-state index contributed by atoms with van der Waals surface area (Å²) in [6, 6.07) is 5.01. The van der Waals surface area contributed by atoms with Crippen molar-refractivity contribution >= 4 is 16.7 Å². The topological polar surface area (TPSA) is 66.9 Å². The van der Waals surface area contributed by atoms with Crippen molar-refractivity contribution < 1.29 is 17.9 Å². The Labute approximate surface area is 182 Å². The van der Waals surface area contributed by atoms with Crippen LogP contribution in [0.2, 0.25) is 0 Å². The molecular weight excluding hydrogens is 419 g/mol. The highest BCUT2D eigenvalue weighted by molar-refractivity contribution is 6.03. The van der Waals surface area contributed by atoms with E-state index in [2.05, 4.69) is 15.2 Å². The molecule has 0 bridgehead atoms. The highest BCUT2D eigenvalue weighted by atomic mass is 19.2. The summed E-state index contributed by atoms with van der Waals surface area (Å²) >= 11 is 0. The van der Waals surface area contributed by atoms with Gasteiger partial charge in [0, 0.05) is 36.0 Å². The molecule has 0 spiro atoms. The van der Waals surface area contributed by atoms with Crippen molar-refractivity contribution in [1.82, 2.24) is 20.2 Å². The number of aryl methyl sites for hydroxylation is 1. The molecule has 6 nitrogen and oxygen atoms in total. The maximum atomic E-state index is 14.9. The van der Waals surface area contributed by atoms with Gasteiger partial charge < -0.3 is 9.64 Å². The Kier molecular flexibility index (Phi) is 5.05. The van der Waals surface area contributed by atoms with E-state index in [1.165, 1.54) is 0 Å². The van der Waals surface area contributed by atoms with E-state index in [4.69, 9.17) is 9.72 Å². The molecule has 5 rings (SSSR count). The van der Waals surface area contributed by atoms with Gasteiger partial charge in [-0.05, 0) is 43.2 Å². The van der Waals surface area contributed by atoms with Crippen molar-refractivity contribution in [2.24, 2.45) is 0 Å². The number of fused-ring (bicyclic) bond motifs is 1. The summed E-state index contributed by atoms with van der Waals surface area (Å²) in [7, 11) is 0. The summed E-state index contributed by atoms with van der Waals surface area (Å²) in [5.74, 6) is -2.66. The summed E-state index contributed by atoms with van der Waals surface area (Å²) in [5, 5.41) is 7.44. The van der Waals surface area contributed by atoms with Crippen LogP contribution < -0.4 is 4.90 Å². The molecule has 1 aliphatic heterocycles. The Morgan fingerprint density at radius 2 is 2.00 bits per heavy atom. The van der Waals surface area contributed by atoms with Crippen molar-refractivity contribution in [2.45, 2.75) is 19.9 Å². The average molecular weight is 439 g/mol. The molecule has 1 aromatic carbocycles. The minimum absolute atomic E-state index is 0.0176. The number of H-pyrrole nitrogens is 1. The third-order valence-electron chi connectivity index (χ3n) is 5.71. The number of hydrogen-bond donors (Lipinski definition) is 1. The number of aromatic amines is 1. The lowest BCUT2D eigenvalue weighted by Gasteiger charge is -2.34. The molecule has 1 N–H and O–H groups in total. The Hall–Kier alpha value is -3.46. The summed E-state index contributed by atoms with van der Waals surface area (Å²) in [6.45, 7) is 5.41. The van der Waals surface area contributed by atoms with Gasteiger partial charge in [-0.15, -0.1) is 0 Å². The van der Waals surface area contributed by atoms with Gasteiger partial charge >= 0.3 is 0 Å². The van der Waals surface area contributed by atoms with Crippen LogP contribution in [0, 0.1) is 24.4 Å². The molecule has 3 aromatic heterocycles. The zero-order valence-corrected chi connectivity index (χ0v) is 17.5. The van der Waals surface area contributed by atoms with E-state index in [0.717, 1.165) is 6.07 Å². The summed E-state index contributed by atoms with van der Waals surface area (Å²) in [6.07, 6.45) is 3.23. The first kappa shape index (κ1) is 20.4. The van der Waals surface area contributed by atoms with Crippen molar-refractivity contribution in [3.05, 3.63) is 59.7 Å².